The first kappa shape index (κ1) is 14.4. The van der Waals surface area contributed by atoms with Gasteiger partial charge in [-0.25, -0.2) is 0 Å². The third-order valence-corrected chi connectivity index (χ3v) is 3.97. The SMILES string of the molecule is Cc1cc(C)cc(OCCN2CCC(C)C(N)C2)c1. The Labute approximate surface area is 116 Å². The lowest BCUT2D eigenvalue weighted by Crippen LogP contribution is -2.48. The van der Waals surface area contributed by atoms with Crippen molar-refractivity contribution in [2.75, 3.05) is 26.2 Å². The van der Waals surface area contributed by atoms with Gasteiger partial charge in [0.25, 0.3) is 0 Å². The van der Waals surface area contributed by atoms with Gasteiger partial charge in [0, 0.05) is 19.1 Å². The van der Waals surface area contributed by atoms with Crippen LogP contribution in [0, 0.1) is 19.8 Å². The van der Waals surface area contributed by atoms with Crippen molar-refractivity contribution in [3.8, 4) is 5.75 Å². The fraction of sp³-hybridized carbons (Fsp3) is 0.625. The summed E-state index contributed by atoms with van der Waals surface area (Å²) in [5.41, 5.74) is 8.62. The van der Waals surface area contributed by atoms with Gasteiger partial charge in [-0.2, -0.15) is 0 Å². The van der Waals surface area contributed by atoms with E-state index in [1.54, 1.807) is 0 Å². The van der Waals surface area contributed by atoms with E-state index in [0.717, 1.165) is 32.0 Å². The zero-order chi connectivity index (χ0) is 13.8. The first-order valence-electron chi connectivity index (χ1n) is 7.23. The molecule has 0 saturated carbocycles. The summed E-state index contributed by atoms with van der Waals surface area (Å²) in [6, 6.07) is 6.67. The standard InChI is InChI=1S/C16H26N2O/c1-12-8-13(2)10-15(9-12)19-7-6-18-5-4-14(3)16(17)11-18/h8-10,14,16H,4-7,11,17H2,1-3H3. The minimum absolute atomic E-state index is 0.315. The lowest BCUT2D eigenvalue weighted by atomic mass is 9.94. The molecule has 2 N–H and O–H groups in total. The third-order valence-electron chi connectivity index (χ3n) is 3.97. The molecule has 2 rings (SSSR count). The second kappa shape index (κ2) is 6.40. The number of benzene rings is 1. The fourth-order valence-corrected chi connectivity index (χ4v) is 2.68. The number of hydrogen-bond donors (Lipinski definition) is 1. The molecule has 1 aromatic carbocycles. The average Bonchev–Trinajstić information content (AvgIpc) is 2.32. The molecule has 3 heteroatoms. The lowest BCUT2D eigenvalue weighted by molar-refractivity contribution is 0.143. The Hall–Kier alpha value is -1.06. The summed E-state index contributed by atoms with van der Waals surface area (Å²) < 4.78 is 5.85. The van der Waals surface area contributed by atoms with Crippen molar-refractivity contribution in [2.24, 2.45) is 11.7 Å². The summed E-state index contributed by atoms with van der Waals surface area (Å²) in [5.74, 6) is 1.63. The van der Waals surface area contributed by atoms with Crippen LogP contribution in [-0.2, 0) is 0 Å². The molecular weight excluding hydrogens is 236 g/mol. The predicted octanol–water partition coefficient (Wildman–Crippen LogP) is 2.35. The van der Waals surface area contributed by atoms with Crippen molar-refractivity contribution >= 4 is 0 Å². The highest BCUT2D eigenvalue weighted by molar-refractivity contribution is 5.32. The van der Waals surface area contributed by atoms with E-state index in [2.05, 4.69) is 43.9 Å². The molecule has 1 heterocycles. The Balaban J connectivity index is 1.77. The molecule has 0 aliphatic carbocycles. The second-order valence-electron chi connectivity index (χ2n) is 5.90. The van der Waals surface area contributed by atoms with Gasteiger partial charge in [-0.3, -0.25) is 4.90 Å². The summed E-state index contributed by atoms with van der Waals surface area (Å²) in [4.78, 5) is 2.41. The van der Waals surface area contributed by atoms with Crippen LogP contribution in [0.25, 0.3) is 0 Å². The maximum atomic E-state index is 6.11. The molecule has 1 aliphatic rings. The molecule has 0 spiro atoms. The smallest absolute Gasteiger partial charge is 0.119 e. The molecule has 2 unspecified atom stereocenters. The molecule has 1 aliphatic heterocycles. The molecule has 106 valence electrons. The minimum atomic E-state index is 0.315. The van der Waals surface area contributed by atoms with Crippen molar-refractivity contribution in [2.45, 2.75) is 33.2 Å². The minimum Gasteiger partial charge on any atom is -0.492 e. The zero-order valence-corrected chi connectivity index (χ0v) is 12.4. The highest BCUT2D eigenvalue weighted by Crippen LogP contribution is 2.17. The molecule has 2 atom stereocenters. The van der Waals surface area contributed by atoms with Gasteiger partial charge in [0.15, 0.2) is 0 Å². The van der Waals surface area contributed by atoms with Crippen molar-refractivity contribution in [1.29, 1.82) is 0 Å². The highest BCUT2D eigenvalue weighted by Gasteiger charge is 2.22. The molecule has 0 amide bonds. The number of hydrogen-bond acceptors (Lipinski definition) is 3. The molecule has 1 fully saturated rings. The van der Waals surface area contributed by atoms with E-state index in [4.69, 9.17) is 10.5 Å². The Kier molecular flexibility index (Phi) is 4.83. The van der Waals surface area contributed by atoms with Crippen molar-refractivity contribution < 1.29 is 4.74 Å². The van der Waals surface area contributed by atoms with Crippen molar-refractivity contribution in [3.05, 3.63) is 29.3 Å². The molecule has 0 aromatic heterocycles. The zero-order valence-electron chi connectivity index (χ0n) is 12.4. The van der Waals surface area contributed by atoms with Crippen LogP contribution in [0.2, 0.25) is 0 Å². The normalized spacial score (nSPS) is 24.4. The van der Waals surface area contributed by atoms with Crippen LogP contribution in [0.4, 0.5) is 0 Å². The number of nitrogens with two attached hydrogens (primary N) is 1. The van der Waals surface area contributed by atoms with E-state index in [1.807, 2.05) is 0 Å². The molecule has 19 heavy (non-hydrogen) atoms. The van der Waals surface area contributed by atoms with Gasteiger partial charge in [-0.05, 0) is 56.0 Å². The van der Waals surface area contributed by atoms with E-state index in [9.17, 15) is 0 Å². The molecule has 0 bridgehead atoms. The molecular formula is C16H26N2O. The van der Waals surface area contributed by atoms with Gasteiger partial charge in [0.05, 0.1) is 0 Å². The van der Waals surface area contributed by atoms with Gasteiger partial charge < -0.3 is 10.5 Å². The van der Waals surface area contributed by atoms with E-state index >= 15 is 0 Å². The van der Waals surface area contributed by atoms with Gasteiger partial charge in [0.1, 0.15) is 12.4 Å². The Morgan fingerprint density at radius 2 is 1.95 bits per heavy atom. The molecule has 1 saturated heterocycles. The van der Waals surface area contributed by atoms with Gasteiger partial charge in [0.2, 0.25) is 0 Å². The summed E-state index contributed by atoms with van der Waals surface area (Å²) >= 11 is 0. The maximum Gasteiger partial charge on any atom is 0.119 e. The molecule has 0 radical (unpaired) electrons. The Bertz CT molecular complexity index is 399. The number of rotatable bonds is 4. The van der Waals surface area contributed by atoms with E-state index in [1.165, 1.54) is 17.5 Å². The van der Waals surface area contributed by atoms with Crippen LogP contribution in [0.5, 0.6) is 5.75 Å². The second-order valence-corrected chi connectivity index (χ2v) is 5.90. The number of ether oxygens (including phenoxy) is 1. The quantitative estimate of drug-likeness (QED) is 0.905. The van der Waals surface area contributed by atoms with Gasteiger partial charge in [-0.15, -0.1) is 0 Å². The van der Waals surface area contributed by atoms with Crippen LogP contribution < -0.4 is 10.5 Å². The van der Waals surface area contributed by atoms with Gasteiger partial charge in [-0.1, -0.05) is 13.0 Å². The third kappa shape index (κ3) is 4.22. The van der Waals surface area contributed by atoms with Crippen LogP contribution in [0.1, 0.15) is 24.5 Å². The molecule has 1 aromatic rings. The van der Waals surface area contributed by atoms with Crippen LogP contribution in [-0.4, -0.2) is 37.2 Å². The van der Waals surface area contributed by atoms with Gasteiger partial charge >= 0.3 is 0 Å². The fourth-order valence-electron chi connectivity index (χ4n) is 2.68. The largest absolute Gasteiger partial charge is 0.492 e. The van der Waals surface area contributed by atoms with Crippen molar-refractivity contribution in [1.82, 2.24) is 4.90 Å². The molecule has 3 nitrogen and oxygen atoms in total. The van der Waals surface area contributed by atoms with E-state index < -0.39 is 0 Å². The van der Waals surface area contributed by atoms with Crippen LogP contribution >= 0.6 is 0 Å². The number of likely N-dealkylation sites (tertiary alicyclic amines) is 1. The summed E-state index contributed by atoms with van der Waals surface area (Å²) in [5, 5.41) is 0. The number of piperidine rings is 1. The first-order valence-corrected chi connectivity index (χ1v) is 7.23. The van der Waals surface area contributed by atoms with Crippen LogP contribution in [0.15, 0.2) is 18.2 Å². The van der Waals surface area contributed by atoms with E-state index in [0.29, 0.717) is 12.0 Å². The summed E-state index contributed by atoms with van der Waals surface area (Å²) in [7, 11) is 0. The summed E-state index contributed by atoms with van der Waals surface area (Å²) in [6.45, 7) is 10.3. The Morgan fingerprint density at radius 1 is 1.26 bits per heavy atom. The topological polar surface area (TPSA) is 38.5 Å². The number of aryl methyl sites for hydroxylation is 2. The monoisotopic (exact) mass is 262 g/mol. The average molecular weight is 262 g/mol. The van der Waals surface area contributed by atoms with Crippen LogP contribution in [0.3, 0.4) is 0 Å². The Morgan fingerprint density at radius 3 is 2.58 bits per heavy atom. The summed E-state index contributed by atoms with van der Waals surface area (Å²) in [6.07, 6.45) is 1.20. The first-order chi connectivity index (χ1) is 9.04. The highest BCUT2D eigenvalue weighted by atomic mass is 16.5. The predicted molar refractivity (Wildman–Crippen MR) is 79.6 cm³/mol. The number of nitrogens with zero attached hydrogens (tertiary/aromatic N) is 1. The van der Waals surface area contributed by atoms with Crippen molar-refractivity contribution in [3.63, 3.8) is 0 Å². The van der Waals surface area contributed by atoms with E-state index in [-0.39, 0.29) is 0 Å². The maximum absolute atomic E-state index is 6.11. The lowest BCUT2D eigenvalue weighted by Gasteiger charge is -2.34.